The smallest absolute Gasteiger partial charge is 0.0433 e. The SMILES string of the molecule is CCCC(CCO)C(C)C. The van der Waals surface area contributed by atoms with Crippen LogP contribution in [0.4, 0.5) is 0 Å². The Morgan fingerprint density at radius 1 is 1.20 bits per heavy atom. The minimum atomic E-state index is 0.350. The fourth-order valence-electron chi connectivity index (χ4n) is 1.35. The molecule has 0 radical (unpaired) electrons. The van der Waals surface area contributed by atoms with Gasteiger partial charge in [0.25, 0.3) is 0 Å². The van der Waals surface area contributed by atoms with E-state index in [2.05, 4.69) is 20.8 Å². The van der Waals surface area contributed by atoms with Gasteiger partial charge in [0.05, 0.1) is 0 Å². The van der Waals surface area contributed by atoms with Crippen LogP contribution in [0.15, 0.2) is 0 Å². The molecular formula is C9H20O. The van der Waals surface area contributed by atoms with Crippen LogP contribution in [0.25, 0.3) is 0 Å². The molecule has 1 nitrogen and oxygen atoms in total. The van der Waals surface area contributed by atoms with Crippen molar-refractivity contribution in [3.63, 3.8) is 0 Å². The summed E-state index contributed by atoms with van der Waals surface area (Å²) >= 11 is 0. The Morgan fingerprint density at radius 3 is 2.10 bits per heavy atom. The Morgan fingerprint density at radius 2 is 1.80 bits per heavy atom. The summed E-state index contributed by atoms with van der Waals surface area (Å²) in [6.45, 7) is 7.02. The lowest BCUT2D eigenvalue weighted by Crippen LogP contribution is -2.09. The van der Waals surface area contributed by atoms with E-state index in [1.165, 1.54) is 12.8 Å². The van der Waals surface area contributed by atoms with E-state index in [1.807, 2.05) is 0 Å². The molecule has 0 aliphatic rings. The van der Waals surface area contributed by atoms with E-state index < -0.39 is 0 Å². The maximum atomic E-state index is 8.71. The lowest BCUT2D eigenvalue weighted by atomic mass is 9.89. The molecule has 10 heavy (non-hydrogen) atoms. The summed E-state index contributed by atoms with van der Waals surface area (Å²) in [5, 5.41) is 8.71. The van der Waals surface area contributed by atoms with Crippen molar-refractivity contribution in [2.45, 2.75) is 40.0 Å². The van der Waals surface area contributed by atoms with Crippen molar-refractivity contribution >= 4 is 0 Å². The van der Waals surface area contributed by atoms with Crippen molar-refractivity contribution < 1.29 is 5.11 Å². The number of aliphatic hydroxyl groups excluding tert-OH is 1. The fourth-order valence-corrected chi connectivity index (χ4v) is 1.35. The molecule has 0 bridgehead atoms. The first-order chi connectivity index (χ1) is 4.72. The molecule has 0 fully saturated rings. The van der Waals surface area contributed by atoms with E-state index in [4.69, 9.17) is 5.11 Å². The van der Waals surface area contributed by atoms with Crippen LogP contribution in [0.3, 0.4) is 0 Å². The summed E-state index contributed by atoms with van der Waals surface area (Å²) in [6.07, 6.45) is 3.48. The second-order valence-corrected chi connectivity index (χ2v) is 3.31. The molecule has 1 unspecified atom stereocenters. The highest BCUT2D eigenvalue weighted by molar-refractivity contribution is 4.61. The second kappa shape index (κ2) is 5.72. The highest BCUT2D eigenvalue weighted by Crippen LogP contribution is 2.19. The van der Waals surface area contributed by atoms with E-state index >= 15 is 0 Å². The van der Waals surface area contributed by atoms with Crippen LogP contribution in [0.2, 0.25) is 0 Å². The third-order valence-corrected chi connectivity index (χ3v) is 2.10. The van der Waals surface area contributed by atoms with Crippen molar-refractivity contribution in [3.8, 4) is 0 Å². The van der Waals surface area contributed by atoms with Crippen LogP contribution in [-0.2, 0) is 0 Å². The molecule has 0 rings (SSSR count). The van der Waals surface area contributed by atoms with Gasteiger partial charge in [-0.1, -0.05) is 33.6 Å². The standard InChI is InChI=1S/C9H20O/c1-4-5-9(6-7-10)8(2)3/h8-10H,4-7H2,1-3H3. The van der Waals surface area contributed by atoms with Crippen molar-refractivity contribution in [3.05, 3.63) is 0 Å². The van der Waals surface area contributed by atoms with Gasteiger partial charge in [0.2, 0.25) is 0 Å². The summed E-state index contributed by atoms with van der Waals surface area (Å²) in [4.78, 5) is 0. The average Bonchev–Trinajstić information content (AvgIpc) is 1.87. The van der Waals surface area contributed by atoms with Gasteiger partial charge >= 0.3 is 0 Å². The van der Waals surface area contributed by atoms with Crippen LogP contribution in [0.1, 0.15) is 40.0 Å². The normalized spacial score (nSPS) is 14.1. The maximum absolute atomic E-state index is 8.71. The molecule has 0 heterocycles. The van der Waals surface area contributed by atoms with Gasteiger partial charge in [-0.15, -0.1) is 0 Å². The maximum Gasteiger partial charge on any atom is 0.0433 e. The molecule has 1 heteroatoms. The largest absolute Gasteiger partial charge is 0.396 e. The van der Waals surface area contributed by atoms with Crippen LogP contribution in [0.5, 0.6) is 0 Å². The number of hydrogen-bond donors (Lipinski definition) is 1. The lowest BCUT2D eigenvalue weighted by Gasteiger charge is -2.18. The molecule has 0 aromatic carbocycles. The Balaban J connectivity index is 3.50. The molecular weight excluding hydrogens is 124 g/mol. The predicted octanol–water partition coefficient (Wildman–Crippen LogP) is 2.44. The first-order valence-corrected chi connectivity index (χ1v) is 4.33. The van der Waals surface area contributed by atoms with E-state index in [9.17, 15) is 0 Å². The third kappa shape index (κ3) is 3.89. The molecule has 62 valence electrons. The molecule has 0 saturated carbocycles. The van der Waals surface area contributed by atoms with Crippen molar-refractivity contribution in [2.24, 2.45) is 11.8 Å². The highest BCUT2D eigenvalue weighted by atomic mass is 16.3. The van der Waals surface area contributed by atoms with Gasteiger partial charge in [0, 0.05) is 6.61 Å². The van der Waals surface area contributed by atoms with Gasteiger partial charge in [-0.3, -0.25) is 0 Å². The van der Waals surface area contributed by atoms with E-state index in [-0.39, 0.29) is 0 Å². The minimum Gasteiger partial charge on any atom is -0.396 e. The van der Waals surface area contributed by atoms with E-state index in [1.54, 1.807) is 0 Å². The quantitative estimate of drug-likeness (QED) is 0.628. The Hall–Kier alpha value is -0.0400. The molecule has 0 aromatic rings. The molecule has 1 atom stereocenters. The fraction of sp³-hybridized carbons (Fsp3) is 1.00. The zero-order valence-corrected chi connectivity index (χ0v) is 7.43. The third-order valence-electron chi connectivity index (χ3n) is 2.10. The molecule has 0 aliphatic heterocycles. The first kappa shape index (κ1) is 9.96. The monoisotopic (exact) mass is 144 g/mol. The van der Waals surface area contributed by atoms with Gasteiger partial charge in [-0.05, 0) is 18.3 Å². The van der Waals surface area contributed by atoms with Gasteiger partial charge in [-0.25, -0.2) is 0 Å². The Bertz CT molecular complexity index is 63.1. The Kier molecular flexibility index (Phi) is 5.70. The zero-order valence-electron chi connectivity index (χ0n) is 7.43. The van der Waals surface area contributed by atoms with Crippen LogP contribution < -0.4 is 0 Å². The van der Waals surface area contributed by atoms with E-state index in [0.29, 0.717) is 6.61 Å². The number of rotatable bonds is 5. The van der Waals surface area contributed by atoms with Crippen LogP contribution >= 0.6 is 0 Å². The van der Waals surface area contributed by atoms with Crippen molar-refractivity contribution in [1.29, 1.82) is 0 Å². The van der Waals surface area contributed by atoms with Crippen molar-refractivity contribution in [1.82, 2.24) is 0 Å². The van der Waals surface area contributed by atoms with Crippen LogP contribution in [0, 0.1) is 11.8 Å². The van der Waals surface area contributed by atoms with Crippen LogP contribution in [-0.4, -0.2) is 11.7 Å². The molecule has 1 N–H and O–H groups in total. The topological polar surface area (TPSA) is 20.2 Å². The van der Waals surface area contributed by atoms with Gasteiger partial charge in [0.15, 0.2) is 0 Å². The van der Waals surface area contributed by atoms with Gasteiger partial charge in [0.1, 0.15) is 0 Å². The lowest BCUT2D eigenvalue weighted by molar-refractivity contribution is 0.223. The van der Waals surface area contributed by atoms with Gasteiger partial charge in [-0.2, -0.15) is 0 Å². The highest BCUT2D eigenvalue weighted by Gasteiger charge is 2.10. The summed E-state index contributed by atoms with van der Waals surface area (Å²) in [5.41, 5.74) is 0. The number of hydrogen-bond acceptors (Lipinski definition) is 1. The molecule has 0 spiro atoms. The molecule has 0 aliphatic carbocycles. The second-order valence-electron chi connectivity index (χ2n) is 3.31. The molecule has 0 saturated heterocycles. The molecule has 0 aromatic heterocycles. The minimum absolute atomic E-state index is 0.350. The number of aliphatic hydroxyl groups is 1. The average molecular weight is 144 g/mol. The van der Waals surface area contributed by atoms with E-state index in [0.717, 1.165) is 18.3 Å². The van der Waals surface area contributed by atoms with Crippen molar-refractivity contribution in [2.75, 3.05) is 6.61 Å². The first-order valence-electron chi connectivity index (χ1n) is 4.33. The summed E-state index contributed by atoms with van der Waals surface area (Å²) in [6, 6.07) is 0. The summed E-state index contributed by atoms with van der Waals surface area (Å²) in [5.74, 6) is 1.46. The zero-order chi connectivity index (χ0) is 7.98. The summed E-state index contributed by atoms with van der Waals surface area (Å²) < 4.78 is 0. The predicted molar refractivity (Wildman–Crippen MR) is 44.9 cm³/mol. The summed E-state index contributed by atoms with van der Waals surface area (Å²) in [7, 11) is 0. The van der Waals surface area contributed by atoms with Gasteiger partial charge < -0.3 is 5.11 Å². The molecule has 0 amide bonds. The Labute approximate surface area is 64.5 Å².